The van der Waals surface area contributed by atoms with Gasteiger partial charge < -0.3 is 15.4 Å². The molecule has 1 aliphatic heterocycles. The van der Waals surface area contributed by atoms with E-state index in [0.29, 0.717) is 4.88 Å². The van der Waals surface area contributed by atoms with Crippen molar-refractivity contribution in [3.05, 3.63) is 17.3 Å². The first-order chi connectivity index (χ1) is 10.7. The van der Waals surface area contributed by atoms with Crippen molar-refractivity contribution in [1.29, 1.82) is 0 Å². The Balaban J connectivity index is 1.78. The first kappa shape index (κ1) is 15.2. The van der Waals surface area contributed by atoms with Crippen LogP contribution in [-0.2, 0) is 4.74 Å². The third-order valence-corrected chi connectivity index (χ3v) is 5.31. The Morgan fingerprint density at radius 1 is 1.45 bits per heavy atom. The number of primary amides is 1. The first-order valence-corrected chi connectivity index (χ1v) is 8.29. The molecule has 6 nitrogen and oxygen atoms in total. The fourth-order valence-corrected chi connectivity index (χ4v) is 3.89. The molecule has 1 amide bonds. The van der Waals surface area contributed by atoms with E-state index in [9.17, 15) is 4.79 Å². The van der Waals surface area contributed by atoms with E-state index < -0.39 is 5.91 Å². The van der Waals surface area contributed by atoms with Crippen LogP contribution in [0.2, 0.25) is 0 Å². The second kappa shape index (κ2) is 6.58. The second-order valence-electron chi connectivity index (χ2n) is 5.60. The maximum atomic E-state index is 11.4. The number of ether oxygens (including phenoxy) is 1. The van der Waals surface area contributed by atoms with Gasteiger partial charge in [-0.3, -0.25) is 4.79 Å². The number of carbonyl (C=O) groups is 1. The standard InChI is InChI=1S/C15H20N4O2S/c1-21-7-4-10-2-5-19(6-3-10)15-13-11(17-9-18-15)8-12(22-13)14(16)20/h8-10H,2-7H2,1H3,(H2,16,20). The maximum absolute atomic E-state index is 11.4. The van der Waals surface area contributed by atoms with Gasteiger partial charge in [0.25, 0.3) is 5.91 Å². The van der Waals surface area contributed by atoms with Crippen molar-refractivity contribution in [1.82, 2.24) is 9.97 Å². The molecule has 0 aliphatic carbocycles. The van der Waals surface area contributed by atoms with Gasteiger partial charge in [0.15, 0.2) is 0 Å². The van der Waals surface area contributed by atoms with Crippen LogP contribution in [0.15, 0.2) is 12.4 Å². The van der Waals surface area contributed by atoms with Crippen LogP contribution in [0.25, 0.3) is 10.2 Å². The molecule has 3 heterocycles. The lowest BCUT2D eigenvalue weighted by atomic mass is 9.94. The molecule has 0 bridgehead atoms. The molecule has 0 unspecified atom stereocenters. The minimum atomic E-state index is -0.410. The van der Waals surface area contributed by atoms with Gasteiger partial charge in [-0.25, -0.2) is 9.97 Å². The molecule has 1 saturated heterocycles. The minimum absolute atomic E-state index is 0.410. The van der Waals surface area contributed by atoms with E-state index in [1.807, 2.05) is 0 Å². The van der Waals surface area contributed by atoms with Gasteiger partial charge in [-0.15, -0.1) is 11.3 Å². The topological polar surface area (TPSA) is 81.3 Å². The zero-order valence-corrected chi connectivity index (χ0v) is 13.4. The molecule has 2 N–H and O–H groups in total. The monoisotopic (exact) mass is 320 g/mol. The number of hydrogen-bond acceptors (Lipinski definition) is 6. The van der Waals surface area contributed by atoms with Crippen LogP contribution in [0.5, 0.6) is 0 Å². The summed E-state index contributed by atoms with van der Waals surface area (Å²) in [6.45, 7) is 2.78. The van der Waals surface area contributed by atoms with E-state index in [2.05, 4.69) is 14.9 Å². The summed E-state index contributed by atoms with van der Waals surface area (Å²) in [5, 5.41) is 0. The Morgan fingerprint density at radius 3 is 2.91 bits per heavy atom. The molecule has 22 heavy (non-hydrogen) atoms. The Kier molecular flexibility index (Phi) is 4.54. The number of methoxy groups -OCH3 is 1. The number of nitrogens with zero attached hydrogens (tertiary/aromatic N) is 3. The maximum Gasteiger partial charge on any atom is 0.258 e. The zero-order valence-electron chi connectivity index (χ0n) is 12.6. The number of anilines is 1. The van der Waals surface area contributed by atoms with Gasteiger partial charge in [-0.05, 0) is 31.2 Å². The summed E-state index contributed by atoms with van der Waals surface area (Å²) in [5.74, 6) is 1.23. The minimum Gasteiger partial charge on any atom is -0.385 e. The summed E-state index contributed by atoms with van der Waals surface area (Å²) >= 11 is 1.38. The SMILES string of the molecule is COCCC1CCN(c2ncnc3cc(C(N)=O)sc23)CC1. The first-order valence-electron chi connectivity index (χ1n) is 7.47. The van der Waals surface area contributed by atoms with Crippen molar-refractivity contribution in [2.75, 3.05) is 31.7 Å². The Morgan fingerprint density at radius 2 is 2.23 bits per heavy atom. The van der Waals surface area contributed by atoms with Gasteiger partial charge >= 0.3 is 0 Å². The van der Waals surface area contributed by atoms with Crippen LogP contribution >= 0.6 is 11.3 Å². The van der Waals surface area contributed by atoms with E-state index >= 15 is 0 Å². The Bertz CT molecular complexity index is 665. The Hall–Kier alpha value is -1.73. The van der Waals surface area contributed by atoms with Crippen LogP contribution < -0.4 is 10.6 Å². The molecular weight excluding hydrogens is 300 g/mol. The number of nitrogens with two attached hydrogens (primary N) is 1. The molecule has 0 spiro atoms. The molecule has 7 heteroatoms. The van der Waals surface area contributed by atoms with Gasteiger partial charge in [0, 0.05) is 26.8 Å². The Labute approximate surface area is 133 Å². The van der Waals surface area contributed by atoms with Gasteiger partial charge in [-0.1, -0.05) is 0 Å². The van der Waals surface area contributed by atoms with Crippen LogP contribution in [0.1, 0.15) is 28.9 Å². The fourth-order valence-electron chi connectivity index (χ4n) is 2.91. The number of carbonyl (C=O) groups excluding carboxylic acids is 1. The highest BCUT2D eigenvalue weighted by atomic mass is 32.1. The van der Waals surface area contributed by atoms with Gasteiger partial charge in [0.05, 0.1) is 15.1 Å². The van der Waals surface area contributed by atoms with E-state index in [1.54, 1.807) is 19.5 Å². The van der Waals surface area contributed by atoms with Crippen molar-refractivity contribution < 1.29 is 9.53 Å². The van der Waals surface area contributed by atoms with Crippen molar-refractivity contribution in [3.63, 3.8) is 0 Å². The summed E-state index contributed by atoms with van der Waals surface area (Å²) in [5.41, 5.74) is 6.17. The number of hydrogen-bond donors (Lipinski definition) is 1. The highest BCUT2D eigenvalue weighted by Gasteiger charge is 2.22. The van der Waals surface area contributed by atoms with E-state index in [-0.39, 0.29) is 0 Å². The largest absolute Gasteiger partial charge is 0.385 e. The predicted octanol–water partition coefficient (Wildman–Crippen LogP) is 2.04. The van der Waals surface area contributed by atoms with Crippen molar-refractivity contribution in [2.45, 2.75) is 19.3 Å². The number of rotatable bonds is 5. The molecule has 118 valence electrons. The van der Waals surface area contributed by atoms with Crippen molar-refractivity contribution in [2.24, 2.45) is 11.7 Å². The average molecular weight is 320 g/mol. The van der Waals surface area contributed by atoms with Crippen molar-refractivity contribution >= 4 is 33.3 Å². The van der Waals surface area contributed by atoms with Crippen LogP contribution in [-0.4, -0.2) is 42.7 Å². The fraction of sp³-hybridized carbons (Fsp3) is 0.533. The lowest BCUT2D eigenvalue weighted by Gasteiger charge is -2.32. The number of fused-ring (bicyclic) bond motifs is 1. The number of piperidine rings is 1. The molecule has 1 aliphatic rings. The third-order valence-electron chi connectivity index (χ3n) is 4.18. The summed E-state index contributed by atoms with van der Waals surface area (Å²) in [6, 6.07) is 1.75. The molecule has 0 aromatic carbocycles. The van der Waals surface area contributed by atoms with E-state index in [1.165, 1.54) is 11.3 Å². The number of aromatic nitrogens is 2. The van der Waals surface area contributed by atoms with Crippen LogP contribution in [0.4, 0.5) is 5.82 Å². The molecule has 2 aromatic rings. The van der Waals surface area contributed by atoms with Gasteiger partial charge in [-0.2, -0.15) is 0 Å². The molecule has 3 rings (SSSR count). The quantitative estimate of drug-likeness (QED) is 0.912. The second-order valence-corrected chi connectivity index (χ2v) is 6.65. The predicted molar refractivity (Wildman–Crippen MR) is 87.4 cm³/mol. The van der Waals surface area contributed by atoms with E-state index in [0.717, 1.165) is 60.9 Å². The summed E-state index contributed by atoms with van der Waals surface area (Å²) in [7, 11) is 1.75. The van der Waals surface area contributed by atoms with Gasteiger partial charge in [0.2, 0.25) is 0 Å². The summed E-state index contributed by atoms with van der Waals surface area (Å²) in [6.07, 6.45) is 4.96. The van der Waals surface area contributed by atoms with Gasteiger partial charge in [0.1, 0.15) is 12.1 Å². The zero-order chi connectivity index (χ0) is 15.5. The third kappa shape index (κ3) is 3.05. The summed E-state index contributed by atoms with van der Waals surface area (Å²) in [4.78, 5) is 22.9. The highest BCUT2D eigenvalue weighted by molar-refractivity contribution is 7.21. The average Bonchev–Trinajstić information content (AvgIpc) is 2.98. The summed E-state index contributed by atoms with van der Waals surface area (Å²) < 4.78 is 6.11. The normalized spacial score (nSPS) is 16.3. The van der Waals surface area contributed by atoms with E-state index in [4.69, 9.17) is 10.5 Å². The lowest BCUT2D eigenvalue weighted by molar-refractivity contribution is 0.100. The molecule has 2 aromatic heterocycles. The smallest absolute Gasteiger partial charge is 0.258 e. The number of thiophene rings is 1. The van der Waals surface area contributed by atoms with Crippen LogP contribution in [0.3, 0.4) is 0 Å². The van der Waals surface area contributed by atoms with Crippen LogP contribution in [0, 0.1) is 5.92 Å². The molecule has 0 atom stereocenters. The lowest BCUT2D eigenvalue weighted by Crippen LogP contribution is -2.34. The highest BCUT2D eigenvalue weighted by Crippen LogP contribution is 2.33. The molecule has 0 saturated carbocycles. The number of amides is 1. The molecular formula is C15H20N4O2S. The van der Waals surface area contributed by atoms with Crippen molar-refractivity contribution in [3.8, 4) is 0 Å². The molecule has 1 fully saturated rings. The molecule has 0 radical (unpaired) electrons.